The fourth-order valence-electron chi connectivity index (χ4n) is 2.80. The largest absolute Gasteiger partial charge is 0.339 e. The highest BCUT2D eigenvalue weighted by atomic mass is 16.2. The Kier molecular flexibility index (Phi) is 4.71. The third kappa shape index (κ3) is 4.43. The van der Waals surface area contributed by atoms with Gasteiger partial charge in [0.1, 0.15) is 0 Å². The highest BCUT2D eigenvalue weighted by molar-refractivity contribution is 5.91. The topological polar surface area (TPSA) is 32.3 Å². The van der Waals surface area contributed by atoms with Gasteiger partial charge in [-0.1, -0.05) is 30.3 Å². The molecule has 1 aliphatic heterocycles. The number of nitrogens with zero attached hydrogens (tertiary/aromatic N) is 1. The van der Waals surface area contributed by atoms with Crippen LogP contribution in [0.15, 0.2) is 36.4 Å². The summed E-state index contributed by atoms with van der Waals surface area (Å²) < 4.78 is 0. The Bertz CT molecular complexity index is 485. The van der Waals surface area contributed by atoms with Gasteiger partial charge >= 0.3 is 0 Å². The lowest BCUT2D eigenvalue weighted by Crippen LogP contribution is -2.44. The van der Waals surface area contributed by atoms with Gasteiger partial charge in [0.25, 0.3) is 0 Å². The second kappa shape index (κ2) is 6.90. The third-order valence-corrected chi connectivity index (χ3v) is 4.42. The number of nitrogens with one attached hydrogen (secondary N) is 1. The molecule has 0 unspecified atom stereocenters. The van der Waals surface area contributed by atoms with Crippen molar-refractivity contribution in [3.63, 3.8) is 0 Å². The minimum absolute atomic E-state index is 0.138. The van der Waals surface area contributed by atoms with Crippen molar-refractivity contribution >= 4 is 12.0 Å². The van der Waals surface area contributed by atoms with Gasteiger partial charge in [-0.05, 0) is 49.8 Å². The highest BCUT2D eigenvalue weighted by Crippen LogP contribution is 2.28. The molecule has 1 aromatic carbocycles. The smallest absolute Gasteiger partial charge is 0.246 e. The number of carbonyl (C=O) groups excluding carboxylic acids is 1. The van der Waals surface area contributed by atoms with Gasteiger partial charge in [-0.25, -0.2) is 0 Å². The summed E-state index contributed by atoms with van der Waals surface area (Å²) in [6.07, 6.45) is 8.56. The average molecular weight is 284 g/mol. The van der Waals surface area contributed by atoms with Gasteiger partial charge in [0.15, 0.2) is 0 Å². The van der Waals surface area contributed by atoms with E-state index in [0.717, 1.165) is 37.4 Å². The molecule has 0 aromatic heterocycles. The number of hydrogen-bond acceptors (Lipinski definition) is 2. The van der Waals surface area contributed by atoms with E-state index in [0.29, 0.717) is 6.04 Å². The molecule has 0 bridgehead atoms. The summed E-state index contributed by atoms with van der Waals surface area (Å²) in [6, 6.07) is 10.6. The van der Waals surface area contributed by atoms with Crippen LogP contribution in [0.2, 0.25) is 0 Å². The number of carbonyl (C=O) groups is 1. The monoisotopic (exact) mass is 284 g/mol. The quantitative estimate of drug-likeness (QED) is 0.843. The molecular formula is C18H24N2O. The number of hydrogen-bond donors (Lipinski definition) is 1. The Balaban J connectivity index is 1.42. The van der Waals surface area contributed by atoms with Gasteiger partial charge in [0, 0.05) is 25.2 Å². The molecule has 1 aromatic rings. The van der Waals surface area contributed by atoms with Gasteiger partial charge in [-0.3, -0.25) is 4.79 Å². The van der Waals surface area contributed by atoms with E-state index in [4.69, 9.17) is 0 Å². The van der Waals surface area contributed by atoms with E-state index < -0.39 is 0 Å². The van der Waals surface area contributed by atoms with E-state index in [9.17, 15) is 4.79 Å². The van der Waals surface area contributed by atoms with E-state index in [1.54, 1.807) is 6.08 Å². The molecular weight excluding hydrogens is 260 g/mol. The number of amides is 1. The number of benzene rings is 1. The van der Waals surface area contributed by atoms with E-state index in [2.05, 4.69) is 5.32 Å². The summed E-state index contributed by atoms with van der Waals surface area (Å²) in [6.45, 7) is 2.92. The first kappa shape index (κ1) is 14.3. The van der Waals surface area contributed by atoms with Gasteiger partial charge < -0.3 is 10.2 Å². The number of piperidine rings is 1. The van der Waals surface area contributed by atoms with Gasteiger partial charge in [0.2, 0.25) is 5.91 Å². The molecule has 112 valence electrons. The van der Waals surface area contributed by atoms with Crippen LogP contribution < -0.4 is 5.32 Å². The summed E-state index contributed by atoms with van der Waals surface area (Å²) >= 11 is 0. The number of likely N-dealkylation sites (tertiary alicyclic amines) is 1. The first-order valence-electron chi connectivity index (χ1n) is 8.07. The van der Waals surface area contributed by atoms with Crippen LogP contribution in [0.3, 0.4) is 0 Å². The zero-order chi connectivity index (χ0) is 14.5. The Labute approximate surface area is 127 Å². The number of rotatable bonds is 5. The van der Waals surface area contributed by atoms with Crippen LogP contribution in [-0.4, -0.2) is 36.5 Å². The molecule has 3 heteroatoms. The summed E-state index contributed by atoms with van der Waals surface area (Å²) in [5, 5.41) is 3.64. The zero-order valence-electron chi connectivity index (χ0n) is 12.5. The fraction of sp³-hybridized carbons (Fsp3) is 0.500. The van der Waals surface area contributed by atoms with Crippen LogP contribution in [0.1, 0.15) is 31.2 Å². The maximum atomic E-state index is 12.2. The summed E-state index contributed by atoms with van der Waals surface area (Å²) in [4.78, 5) is 14.1. The normalized spacial score (nSPS) is 20.1. The fourth-order valence-corrected chi connectivity index (χ4v) is 2.80. The van der Waals surface area contributed by atoms with Crippen molar-refractivity contribution in [1.29, 1.82) is 0 Å². The molecule has 21 heavy (non-hydrogen) atoms. The summed E-state index contributed by atoms with van der Waals surface area (Å²) in [7, 11) is 0. The molecule has 0 atom stereocenters. The van der Waals surface area contributed by atoms with Crippen LogP contribution in [-0.2, 0) is 4.79 Å². The Morgan fingerprint density at radius 2 is 1.86 bits per heavy atom. The zero-order valence-corrected chi connectivity index (χ0v) is 12.5. The molecule has 0 radical (unpaired) electrons. The Morgan fingerprint density at radius 1 is 1.14 bits per heavy atom. The highest BCUT2D eigenvalue weighted by Gasteiger charge is 2.25. The predicted molar refractivity (Wildman–Crippen MR) is 85.8 cm³/mol. The van der Waals surface area contributed by atoms with Crippen LogP contribution in [0.4, 0.5) is 0 Å². The molecule has 1 N–H and O–H groups in total. The molecule has 3 nitrogen and oxygen atoms in total. The van der Waals surface area contributed by atoms with Gasteiger partial charge in [-0.2, -0.15) is 0 Å². The molecule has 3 rings (SSSR count). The second-order valence-corrected chi connectivity index (χ2v) is 6.20. The maximum Gasteiger partial charge on any atom is 0.246 e. The van der Waals surface area contributed by atoms with E-state index in [1.165, 1.54) is 19.4 Å². The Hall–Kier alpha value is -1.61. The molecule has 1 heterocycles. The van der Waals surface area contributed by atoms with Crippen LogP contribution in [0.5, 0.6) is 0 Å². The van der Waals surface area contributed by atoms with E-state index in [1.807, 2.05) is 41.3 Å². The van der Waals surface area contributed by atoms with E-state index in [-0.39, 0.29) is 5.91 Å². The molecule has 0 spiro atoms. The lowest BCUT2D eigenvalue weighted by atomic mass is 10.0. The average Bonchev–Trinajstić information content (AvgIpc) is 3.36. The predicted octanol–water partition coefficient (Wildman–Crippen LogP) is 2.69. The lowest BCUT2D eigenvalue weighted by molar-refractivity contribution is -0.127. The van der Waals surface area contributed by atoms with Crippen LogP contribution >= 0.6 is 0 Å². The molecule has 2 fully saturated rings. The van der Waals surface area contributed by atoms with Crippen molar-refractivity contribution in [2.75, 3.05) is 19.6 Å². The summed E-state index contributed by atoms with van der Waals surface area (Å²) in [5.74, 6) is 1.07. The summed E-state index contributed by atoms with van der Waals surface area (Å²) in [5.41, 5.74) is 1.08. The Morgan fingerprint density at radius 3 is 2.52 bits per heavy atom. The van der Waals surface area contributed by atoms with Crippen molar-refractivity contribution in [2.24, 2.45) is 5.92 Å². The van der Waals surface area contributed by atoms with Gasteiger partial charge in [0.05, 0.1) is 0 Å². The van der Waals surface area contributed by atoms with Crippen molar-refractivity contribution in [3.8, 4) is 0 Å². The van der Waals surface area contributed by atoms with Crippen LogP contribution in [0.25, 0.3) is 6.08 Å². The standard InChI is InChI=1S/C18H24N2O/c21-18(9-8-15-4-2-1-3-5-15)20-12-10-17(11-13-20)19-14-16-6-7-16/h1-5,8-9,16-17,19H,6-7,10-14H2/b9-8+. The van der Waals surface area contributed by atoms with Crippen molar-refractivity contribution in [2.45, 2.75) is 31.7 Å². The van der Waals surface area contributed by atoms with Crippen molar-refractivity contribution < 1.29 is 4.79 Å². The molecule has 1 amide bonds. The first-order chi connectivity index (χ1) is 10.3. The molecule has 1 saturated carbocycles. The van der Waals surface area contributed by atoms with Crippen molar-refractivity contribution in [3.05, 3.63) is 42.0 Å². The second-order valence-electron chi connectivity index (χ2n) is 6.20. The molecule has 1 aliphatic carbocycles. The van der Waals surface area contributed by atoms with Gasteiger partial charge in [-0.15, -0.1) is 0 Å². The van der Waals surface area contributed by atoms with Crippen molar-refractivity contribution in [1.82, 2.24) is 10.2 Å². The van der Waals surface area contributed by atoms with E-state index >= 15 is 0 Å². The molecule has 2 aliphatic rings. The minimum Gasteiger partial charge on any atom is -0.339 e. The third-order valence-electron chi connectivity index (χ3n) is 4.42. The SMILES string of the molecule is O=C(/C=C/c1ccccc1)N1CCC(NCC2CC2)CC1. The minimum atomic E-state index is 0.138. The van der Waals surface area contributed by atoms with Crippen LogP contribution in [0, 0.1) is 5.92 Å². The first-order valence-corrected chi connectivity index (χ1v) is 8.07. The maximum absolute atomic E-state index is 12.2. The molecule has 1 saturated heterocycles. The lowest BCUT2D eigenvalue weighted by Gasteiger charge is -2.32.